The number of benzene rings is 1. The van der Waals surface area contributed by atoms with E-state index >= 15 is 0 Å². The van der Waals surface area contributed by atoms with E-state index in [2.05, 4.69) is 0 Å². The van der Waals surface area contributed by atoms with Gasteiger partial charge in [0, 0.05) is 10.1 Å². The van der Waals surface area contributed by atoms with Crippen molar-refractivity contribution in [3.05, 3.63) is 33.4 Å². The van der Waals surface area contributed by atoms with Crippen LogP contribution in [0.5, 0.6) is 0 Å². The van der Waals surface area contributed by atoms with Gasteiger partial charge in [-0.2, -0.15) is 13.2 Å². The summed E-state index contributed by atoms with van der Waals surface area (Å²) in [6.07, 6.45) is -4.82. The quantitative estimate of drug-likeness (QED) is 0.830. The number of hydrogen-bond acceptors (Lipinski definition) is 1. The fourth-order valence-electron chi connectivity index (χ4n) is 0.917. The second-order valence-electron chi connectivity index (χ2n) is 2.77. The molecule has 15 heavy (non-hydrogen) atoms. The molecule has 1 aromatic carbocycles. The van der Waals surface area contributed by atoms with Gasteiger partial charge in [0.1, 0.15) is 0 Å². The van der Waals surface area contributed by atoms with Gasteiger partial charge in [-0.05, 0) is 34.2 Å². The highest BCUT2D eigenvalue weighted by atomic mass is 127. The molecular formula is C9H7F3INO. The Hall–Kier alpha value is -0.790. The number of rotatable bonds is 2. The molecule has 0 spiro atoms. The van der Waals surface area contributed by atoms with Crippen LogP contribution in [0, 0.1) is 3.57 Å². The van der Waals surface area contributed by atoms with Gasteiger partial charge in [0.2, 0.25) is 0 Å². The average molecular weight is 329 g/mol. The summed E-state index contributed by atoms with van der Waals surface area (Å²) in [6, 6.07) is 6.90. The molecule has 1 rings (SSSR count). The van der Waals surface area contributed by atoms with Crippen LogP contribution in [0.4, 0.5) is 13.2 Å². The standard InChI is InChI=1S/C9H7F3INO/c10-9(11,12)8(15)14-5-6-3-1-2-4-7(6)13/h1-4H,5H2,(H,14,15). The van der Waals surface area contributed by atoms with Crippen LogP contribution in [-0.2, 0) is 11.3 Å². The zero-order chi connectivity index (χ0) is 11.5. The SMILES string of the molecule is O=C(NCc1ccccc1I)C(F)(F)F. The third-order valence-corrected chi connectivity index (χ3v) is 2.71. The third-order valence-electron chi connectivity index (χ3n) is 1.65. The molecular weight excluding hydrogens is 322 g/mol. The molecule has 1 aromatic rings. The van der Waals surface area contributed by atoms with Crippen LogP contribution in [-0.4, -0.2) is 12.1 Å². The van der Waals surface area contributed by atoms with E-state index in [1.807, 2.05) is 27.9 Å². The summed E-state index contributed by atoms with van der Waals surface area (Å²) >= 11 is 2.00. The maximum Gasteiger partial charge on any atom is 0.471 e. The van der Waals surface area contributed by atoms with E-state index in [0.717, 1.165) is 3.57 Å². The minimum atomic E-state index is -4.82. The average Bonchev–Trinajstić information content (AvgIpc) is 2.14. The topological polar surface area (TPSA) is 29.1 Å². The van der Waals surface area contributed by atoms with Crippen LogP contribution in [0.25, 0.3) is 0 Å². The molecule has 0 aliphatic carbocycles. The first-order valence-corrected chi connectivity index (χ1v) is 5.07. The van der Waals surface area contributed by atoms with Crippen molar-refractivity contribution in [3.63, 3.8) is 0 Å². The number of amides is 1. The molecule has 0 unspecified atom stereocenters. The van der Waals surface area contributed by atoms with Crippen molar-refractivity contribution in [2.75, 3.05) is 0 Å². The molecule has 1 amide bonds. The van der Waals surface area contributed by atoms with E-state index in [1.165, 1.54) is 0 Å². The van der Waals surface area contributed by atoms with Crippen molar-refractivity contribution >= 4 is 28.5 Å². The Balaban J connectivity index is 2.59. The summed E-state index contributed by atoms with van der Waals surface area (Å²) in [4.78, 5) is 10.5. The zero-order valence-electron chi connectivity index (χ0n) is 7.44. The number of alkyl halides is 3. The molecule has 0 aliphatic rings. The third kappa shape index (κ3) is 3.69. The number of nitrogens with one attached hydrogen (secondary N) is 1. The Labute approximate surface area is 98.0 Å². The smallest absolute Gasteiger partial charge is 0.344 e. The van der Waals surface area contributed by atoms with E-state index in [9.17, 15) is 18.0 Å². The van der Waals surface area contributed by atoms with E-state index in [0.29, 0.717) is 5.56 Å². The molecule has 0 heterocycles. The number of halogens is 4. The molecule has 0 fully saturated rings. The Kier molecular flexibility index (Phi) is 3.95. The first kappa shape index (κ1) is 12.3. The highest BCUT2D eigenvalue weighted by molar-refractivity contribution is 14.1. The van der Waals surface area contributed by atoms with E-state index < -0.39 is 12.1 Å². The summed E-state index contributed by atoms with van der Waals surface area (Å²) in [5.74, 6) is -1.91. The van der Waals surface area contributed by atoms with Gasteiger partial charge in [0.25, 0.3) is 0 Å². The summed E-state index contributed by atoms with van der Waals surface area (Å²) in [7, 11) is 0. The molecule has 0 saturated heterocycles. The maximum absolute atomic E-state index is 11.8. The zero-order valence-corrected chi connectivity index (χ0v) is 9.59. The van der Waals surface area contributed by atoms with Gasteiger partial charge in [-0.1, -0.05) is 18.2 Å². The molecule has 0 bridgehead atoms. The first-order chi connectivity index (χ1) is 6.91. The maximum atomic E-state index is 11.8. The highest BCUT2D eigenvalue weighted by Crippen LogP contribution is 2.15. The van der Waals surface area contributed by atoms with Crippen LogP contribution in [0.1, 0.15) is 5.56 Å². The van der Waals surface area contributed by atoms with Crippen molar-refractivity contribution < 1.29 is 18.0 Å². The monoisotopic (exact) mass is 329 g/mol. The van der Waals surface area contributed by atoms with E-state index in [-0.39, 0.29) is 6.54 Å². The Morgan fingerprint density at radius 2 is 1.93 bits per heavy atom. The second-order valence-corrected chi connectivity index (χ2v) is 3.93. The number of carbonyl (C=O) groups excluding carboxylic acids is 1. The van der Waals surface area contributed by atoms with Crippen LogP contribution in [0.2, 0.25) is 0 Å². The Morgan fingerprint density at radius 3 is 2.47 bits per heavy atom. The van der Waals surface area contributed by atoms with Crippen molar-refractivity contribution in [3.8, 4) is 0 Å². The molecule has 0 saturated carbocycles. The molecule has 0 radical (unpaired) electrons. The minimum absolute atomic E-state index is 0.114. The minimum Gasteiger partial charge on any atom is -0.344 e. The fraction of sp³-hybridized carbons (Fsp3) is 0.222. The largest absolute Gasteiger partial charge is 0.471 e. The highest BCUT2D eigenvalue weighted by Gasteiger charge is 2.38. The summed E-state index contributed by atoms with van der Waals surface area (Å²) < 4.78 is 36.3. The summed E-state index contributed by atoms with van der Waals surface area (Å²) in [6.45, 7) is -0.114. The number of carbonyl (C=O) groups is 1. The van der Waals surface area contributed by atoms with E-state index in [4.69, 9.17) is 0 Å². The van der Waals surface area contributed by atoms with Crippen LogP contribution < -0.4 is 5.32 Å². The Bertz CT molecular complexity index is 365. The molecule has 0 atom stereocenters. The van der Waals surface area contributed by atoms with Crippen molar-refractivity contribution in [1.82, 2.24) is 5.32 Å². The lowest BCUT2D eigenvalue weighted by Gasteiger charge is -2.08. The summed E-state index contributed by atoms with van der Waals surface area (Å²) in [5.41, 5.74) is 0.663. The molecule has 6 heteroatoms. The molecule has 1 N–H and O–H groups in total. The van der Waals surface area contributed by atoms with Crippen LogP contribution in [0.15, 0.2) is 24.3 Å². The Morgan fingerprint density at radius 1 is 1.33 bits per heavy atom. The molecule has 82 valence electrons. The van der Waals surface area contributed by atoms with Gasteiger partial charge in [0.05, 0.1) is 0 Å². The lowest BCUT2D eigenvalue weighted by atomic mass is 10.2. The van der Waals surface area contributed by atoms with Gasteiger partial charge in [0.15, 0.2) is 0 Å². The van der Waals surface area contributed by atoms with Gasteiger partial charge in [-0.25, -0.2) is 0 Å². The van der Waals surface area contributed by atoms with E-state index in [1.54, 1.807) is 24.3 Å². The predicted octanol–water partition coefficient (Wildman–Crippen LogP) is 2.47. The number of hydrogen-bond donors (Lipinski definition) is 1. The van der Waals surface area contributed by atoms with Crippen molar-refractivity contribution in [2.45, 2.75) is 12.7 Å². The lowest BCUT2D eigenvalue weighted by molar-refractivity contribution is -0.173. The summed E-state index contributed by atoms with van der Waals surface area (Å²) in [5, 5.41) is 1.81. The molecule has 0 aromatic heterocycles. The predicted molar refractivity (Wildman–Crippen MR) is 57.1 cm³/mol. The second kappa shape index (κ2) is 4.82. The van der Waals surface area contributed by atoms with Crippen molar-refractivity contribution in [2.24, 2.45) is 0 Å². The van der Waals surface area contributed by atoms with Crippen molar-refractivity contribution in [1.29, 1.82) is 0 Å². The van der Waals surface area contributed by atoms with Crippen LogP contribution >= 0.6 is 22.6 Å². The van der Waals surface area contributed by atoms with Gasteiger partial charge >= 0.3 is 12.1 Å². The van der Waals surface area contributed by atoms with Gasteiger partial charge in [-0.3, -0.25) is 4.79 Å². The fourth-order valence-corrected chi connectivity index (χ4v) is 1.50. The van der Waals surface area contributed by atoms with Gasteiger partial charge < -0.3 is 5.32 Å². The van der Waals surface area contributed by atoms with Crippen LogP contribution in [0.3, 0.4) is 0 Å². The molecule has 2 nitrogen and oxygen atoms in total. The van der Waals surface area contributed by atoms with Gasteiger partial charge in [-0.15, -0.1) is 0 Å². The lowest BCUT2D eigenvalue weighted by Crippen LogP contribution is -2.36. The molecule has 0 aliphatic heterocycles. The normalized spacial score (nSPS) is 11.2. The first-order valence-electron chi connectivity index (χ1n) is 3.99.